The van der Waals surface area contributed by atoms with Crippen molar-refractivity contribution in [2.24, 2.45) is 0 Å². The molecule has 0 saturated heterocycles. The maximum atomic E-state index is 11.4. The molecular weight excluding hydrogens is 284 g/mol. The number of para-hydroxylation sites is 1. The predicted molar refractivity (Wildman–Crippen MR) is 81.8 cm³/mol. The van der Waals surface area contributed by atoms with Crippen molar-refractivity contribution in [3.05, 3.63) is 47.0 Å². The molecule has 2 aromatic heterocycles. The first-order chi connectivity index (χ1) is 10.2. The van der Waals surface area contributed by atoms with E-state index in [1.54, 1.807) is 0 Å². The van der Waals surface area contributed by atoms with E-state index in [1.807, 2.05) is 36.4 Å². The Labute approximate surface area is 125 Å². The zero-order chi connectivity index (χ0) is 14.4. The summed E-state index contributed by atoms with van der Waals surface area (Å²) in [5.74, 6) is -0.567. The summed E-state index contributed by atoms with van der Waals surface area (Å²) in [7, 11) is 0. The second-order valence-electron chi connectivity index (χ2n) is 5.20. The average molecular weight is 296 g/mol. The topological polar surface area (TPSA) is 63.1 Å². The van der Waals surface area contributed by atoms with Crippen molar-refractivity contribution >= 4 is 28.2 Å². The van der Waals surface area contributed by atoms with Gasteiger partial charge in [-0.2, -0.15) is 0 Å². The number of thiazole rings is 1. The highest BCUT2D eigenvalue weighted by Gasteiger charge is 2.32. The van der Waals surface area contributed by atoms with Gasteiger partial charge in [0.25, 0.3) is 0 Å². The van der Waals surface area contributed by atoms with Crippen LogP contribution in [0.25, 0.3) is 21.6 Å². The van der Waals surface area contributed by atoms with Crippen LogP contribution in [0.2, 0.25) is 0 Å². The Balaban J connectivity index is 1.84. The lowest BCUT2D eigenvalue weighted by Crippen LogP contribution is -1.97. The Kier molecular flexibility index (Phi) is 2.75. The minimum Gasteiger partial charge on any atom is -0.477 e. The molecule has 0 aliphatic heterocycles. The van der Waals surface area contributed by atoms with Crippen LogP contribution in [0.1, 0.15) is 34.1 Å². The van der Waals surface area contributed by atoms with Gasteiger partial charge in [0.2, 0.25) is 0 Å². The lowest BCUT2D eigenvalue weighted by atomic mass is 10.2. The maximum absolute atomic E-state index is 11.4. The monoisotopic (exact) mass is 296 g/mol. The van der Waals surface area contributed by atoms with Gasteiger partial charge in [-0.25, -0.2) is 14.8 Å². The summed E-state index contributed by atoms with van der Waals surface area (Å²) in [6.45, 7) is 0. The molecule has 0 spiro atoms. The smallest absolute Gasteiger partial charge is 0.347 e. The number of aromatic carboxylic acids is 1. The maximum Gasteiger partial charge on any atom is 0.347 e. The second-order valence-corrected chi connectivity index (χ2v) is 6.20. The number of aromatic nitrogens is 2. The number of hydrogen-bond acceptors (Lipinski definition) is 4. The number of pyridine rings is 1. The van der Waals surface area contributed by atoms with Crippen molar-refractivity contribution in [1.82, 2.24) is 9.97 Å². The molecule has 21 heavy (non-hydrogen) atoms. The highest BCUT2D eigenvalue weighted by atomic mass is 32.1. The summed E-state index contributed by atoms with van der Waals surface area (Å²) in [5.41, 5.74) is 2.38. The molecule has 1 aromatic carbocycles. The van der Waals surface area contributed by atoms with Crippen LogP contribution in [0.3, 0.4) is 0 Å². The van der Waals surface area contributed by atoms with Crippen LogP contribution < -0.4 is 0 Å². The quantitative estimate of drug-likeness (QED) is 0.795. The van der Waals surface area contributed by atoms with Gasteiger partial charge in [-0.15, -0.1) is 11.3 Å². The number of carboxylic acid groups (broad SMARTS) is 1. The van der Waals surface area contributed by atoms with Crippen LogP contribution in [-0.2, 0) is 0 Å². The molecule has 1 saturated carbocycles. The van der Waals surface area contributed by atoms with E-state index in [0.29, 0.717) is 15.8 Å². The molecule has 3 aromatic rings. The van der Waals surface area contributed by atoms with Gasteiger partial charge in [0.15, 0.2) is 0 Å². The molecule has 1 aliphatic carbocycles. The van der Waals surface area contributed by atoms with E-state index in [2.05, 4.69) is 9.97 Å². The Hall–Kier alpha value is -2.27. The molecule has 1 N–H and O–H groups in total. The molecule has 0 atom stereocenters. The van der Waals surface area contributed by atoms with Gasteiger partial charge < -0.3 is 5.11 Å². The third-order valence-electron chi connectivity index (χ3n) is 3.63. The molecule has 0 amide bonds. The van der Waals surface area contributed by atoms with Gasteiger partial charge >= 0.3 is 5.97 Å². The zero-order valence-corrected chi connectivity index (χ0v) is 11.9. The molecule has 0 radical (unpaired) electrons. The SMILES string of the molecule is O=C(O)c1sc(-c2ccc3ccccc3n2)nc1C1CC1. The average Bonchev–Trinajstić information content (AvgIpc) is 3.25. The fraction of sp³-hybridized carbons (Fsp3) is 0.188. The van der Waals surface area contributed by atoms with Gasteiger partial charge in [-0.1, -0.05) is 24.3 Å². The van der Waals surface area contributed by atoms with E-state index in [-0.39, 0.29) is 0 Å². The van der Waals surface area contributed by atoms with E-state index in [4.69, 9.17) is 0 Å². The van der Waals surface area contributed by atoms with Crippen LogP contribution >= 0.6 is 11.3 Å². The van der Waals surface area contributed by atoms with E-state index in [1.165, 1.54) is 11.3 Å². The third kappa shape index (κ3) is 2.19. The summed E-state index contributed by atoms with van der Waals surface area (Å²) >= 11 is 1.22. The van der Waals surface area contributed by atoms with Crippen molar-refractivity contribution in [2.75, 3.05) is 0 Å². The van der Waals surface area contributed by atoms with Crippen molar-refractivity contribution in [2.45, 2.75) is 18.8 Å². The zero-order valence-electron chi connectivity index (χ0n) is 11.1. The van der Waals surface area contributed by atoms with Gasteiger partial charge in [0.05, 0.1) is 16.9 Å². The van der Waals surface area contributed by atoms with Crippen LogP contribution in [0.15, 0.2) is 36.4 Å². The minimum atomic E-state index is -0.888. The highest BCUT2D eigenvalue weighted by Crippen LogP contribution is 2.44. The standard InChI is InChI=1S/C16H12N2O2S/c19-16(20)14-13(10-5-6-10)18-15(21-14)12-8-7-9-3-1-2-4-11(9)17-12/h1-4,7-8,10H,5-6H2,(H,19,20). The Morgan fingerprint density at radius 2 is 1.95 bits per heavy atom. The van der Waals surface area contributed by atoms with Crippen LogP contribution in [0, 0.1) is 0 Å². The molecule has 104 valence electrons. The molecule has 5 heteroatoms. The van der Waals surface area contributed by atoms with E-state index in [9.17, 15) is 9.90 Å². The van der Waals surface area contributed by atoms with Gasteiger partial charge in [-0.3, -0.25) is 0 Å². The molecular formula is C16H12N2O2S. The molecule has 2 heterocycles. The van der Waals surface area contributed by atoms with E-state index < -0.39 is 5.97 Å². The van der Waals surface area contributed by atoms with Crippen molar-refractivity contribution < 1.29 is 9.90 Å². The molecule has 4 rings (SSSR count). The lowest BCUT2D eigenvalue weighted by Gasteiger charge is -1.99. The Bertz CT molecular complexity index is 852. The summed E-state index contributed by atoms with van der Waals surface area (Å²) < 4.78 is 0. The number of carbonyl (C=O) groups is 1. The van der Waals surface area contributed by atoms with Crippen LogP contribution in [-0.4, -0.2) is 21.0 Å². The molecule has 1 fully saturated rings. The number of benzene rings is 1. The Morgan fingerprint density at radius 1 is 1.14 bits per heavy atom. The first-order valence-electron chi connectivity index (χ1n) is 6.82. The van der Waals surface area contributed by atoms with Crippen molar-refractivity contribution in [3.63, 3.8) is 0 Å². The summed E-state index contributed by atoms with van der Waals surface area (Å²) in [5, 5.41) is 11.1. The number of rotatable bonds is 3. The van der Waals surface area contributed by atoms with Crippen molar-refractivity contribution in [1.29, 1.82) is 0 Å². The normalized spacial score (nSPS) is 14.5. The summed E-state index contributed by atoms with van der Waals surface area (Å²) in [6.07, 6.45) is 2.07. The number of nitrogens with zero attached hydrogens (tertiary/aromatic N) is 2. The summed E-state index contributed by atoms with van der Waals surface area (Å²) in [4.78, 5) is 20.9. The van der Waals surface area contributed by atoms with Gasteiger partial charge in [0, 0.05) is 11.3 Å². The van der Waals surface area contributed by atoms with E-state index in [0.717, 1.165) is 35.1 Å². The van der Waals surface area contributed by atoms with Crippen LogP contribution in [0.4, 0.5) is 0 Å². The molecule has 0 bridgehead atoms. The third-order valence-corrected chi connectivity index (χ3v) is 4.71. The Morgan fingerprint density at radius 3 is 2.71 bits per heavy atom. The second kappa shape index (κ2) is 4.63. The fourth-order valence-corrected chi connectivity index (χ4v) is 3.37. The highest BCUT2D eigenvalue weighted by molar-refractivity contribution is 7.17. The lowest BCUT2D eigenvalue weighted by molar-refractivity contribution is 0.0700. The van der Waals surface area contributed by atoms with Gasteiger partial charge in [0.1, 0.15) is 9.88 Å². The van der Waals surface area contributed by atoms with Crippen LogP contribution in [0.5, 0.6) is 0 Å². The number of carboxylic acids is 1. The minimum absolute atomic E-state index is 0.321. The van der Waals surface area contributed by atoms with Crippen molar-refractivity contribution in [3.8, 4) is 10.7 Å². The fourth-order valence-electron chi connectivity index (χ4n) is 2.41. The number of hydrogen-bond donors (Lipinski definition) is 1. The molecule has 0 unspecified atom stereocenters. The van der Waals surface area contributed by atoms with Gasteiger partial charge in [-0.05, 0) is 25.0 Å². The summed E-state index contributed by atoms with van der Waals surface area (Å²) in [6, 6.07) is 11.8. The predicted octanol–water partition coefficient (Wildman–Crippen LogP) is 3.93. The largest absolute Gasteiger partial charge is 0.477 e. The number of fused-ring (bicyclic) bond motifs is 1. The molecule has 4 nitrogen and oxygen atoms in total. The molecule has 1 aliphatic rings. The first-order valence-corrected chi connectivity index (χ1v) is 7.64. The first kappa shape index (κ1) is 12.5. The van der Waals surface area contributed by atoms with E-state index >= 15 is 0 Å².